The third-order valence-electron chi connectivity index (χ3n) is 5.17. The van der Waals surface area contributed by atoms with E-state index in [0.717, 1.165) is 22.3 Å². The molecule has 0 bridgehead atoms. The summed E-state index contributed by atoms with van der Waals surface area (Å²) in [7, 11) is -1.64. The van der Waals surface area contributed by atoms with Gasteiger partial charge in [-0.1, -0.05) is 18.2 Å². The number of aromatic hydroxyl groups is 1. The molecule has 4 rings (SSSR count). The summed E-state index contributed by atoms with van der Waals surface area (Å²) in [5.74, 6) is 0.860. The molecular formula is C21H20BrN3O3S. The van der Waals surface area contributed by atoms with E-state index in [1.165, 1.54) is 0 Å². The zero-order chi connectivity index (χ0) is 20.8. The van der Waals surface area contributed by atoms with Crippen LogP contribution in [0.3, 0.4) is 0 Å². The molecule has 2 aromatic heterocycles. The lowest BCUT2D eigenvalue weighted by molar-refractivity contribution is 0.463. The van der Waals surface area contributed by atoms with Gasteiger partial charge in [-0.25, -0.2) is 13.4 Å². The molecule has 0 radical (unpaired) electrons. The molecule has 29 heavy (non-hydrogen) atoms. The number of aryl methyl sites for hydroxylation is 2. The van der Waals surface area contributed by atoms with Crippen LogP contribution >= 0.6 is 15.9 Å². The van der Waals surface area contributed by atoms with Gasteiger partial charge in [0.05, 0.1) is 21.7 Å². The van der Waals surface area contributed by atoms with Crippen LogP contribution in [0.25, 0.3) is 10.9 Å². The smallest absolute Gasteiger partial charge is 0.183 e. The minimum Gasteiger partial charge on any atom is -0.506 e. The van der Waals surface area contributed by atoms with Gasteiger partial charge in [-0.15, -0.1) is 0 Å². The Hall–Kier alpha value is -2.58. The number of benzene rings is 2. The van der Waals surface area contributed by atoms with Crippen LogP contribution in [-0.2, 0) is 29.2 Å². The van der Waals surface area contributed by atoms with Crippen molar-refractivity contribution in [3.8, 4) is 5.75 Å². The maximum atomic E-state index is 12.9. The SMILES string of the molecule is Cc1nccn1Cc1c(O)c(Br)cc2c1cc(CS(=O)(=O)c1ccccc1)n2C. The largest absolute Gasteiger partial charge is 0.506 e. The summed E-state index contributed by atoms with van der Waals surface area (Å²) in [5, 5.41) is 11.5. The Morgan fingerprint density at radius 1 is 1.17 bits per heavy atom. The number of aromatic nitrogens is 3. The molecule has 0 saturated heterocycles. The minimum absolute atomic E-state index is 0.121. The Morgan fingerprint density at radius 2 is 1.90 bits per heavy atom. The van der Waals surface area contributed by atoms with Crippen LogP contribution in [0.5, 0.6) is 5.75 Å². The molecule has 1 N–H and O–H groups in total. The number of nitrogens with zero attached hydrogens (tertiary/aromatic N) is 3. The van der Waals surface area contributed by atoms with Crippen molar-refractivity contribution >= 4 is 36.7 Å². The lowest BCUT2D eigenvalue weighted by Gasteiger charge is -2.11. The highest BCUT2D eigenvalue weighted by Gasteiger charge is 2.21. The van der Waals surface area contributed by atoms with Crippen LogP contribution in [0.4, 0.5) is 0 Å². The van der Waals surface area contributed by atoms with Crippen LogP contribution in [0.1, 0.15) is 17.1 Å². The van der Waals surface area contributed by atoms with Gasteiger partial charge in [-0.2, -0.15) is 0 Å². The fourth-order valence-corrected chi connectivity index (χ4v) is 5.36. The Balaban J connectivity index is 1.83. The van der Waals surface area contributed by atoms with Gasteiger partial charge in [0, 0.05) is 41.6 Å². The fourth-order valence-electron chi connectivity index (χ4n) is 3.49. The normalized spacial score (nSPS) is 12.0. The number of phenols is 1. The van der Waals surface area contributed by atoms with Gasteiger partial charge in [-0.05, 0) is 47.1 Å². The number of sulfone groups is 1. The fraction of sp³-hybridized carbons (Fsp3) is 0.190. The van der Waals surface area contributed by atoms with Gasteiger partial charge in [-0.3, -0.25) is 0 Å². The third kappa shape index (κ3) is 3.58. The second-order valence-electron chi connectivity index (χ2n) is 6.99. The van der Waals surface area contributed by atoms with Crippen molar-refractivity contribution in [2.75, 3.05) is 0 Å². The van der Waals surface area contributed by atoms with E-state index in [9.17, 15) is 13.5 Å². The van der Waals surface area contributed by atoms with Crippen LogP contribution in [-0.4, -0.2) is 27.6 Å². The Morgan fingerprint density at radius 3 is 2.55 bits per heavy atom. The number of fused-ring (bicyclic) bond motifs is 1. The summed E-state index contributed by atoms with van der Waals surface area (Å²) < 4.78 is 30.1. The molecule has 0 saturated carbocycles. The van der Waals surface area contributed by atoms with Gasteiger partial charge >= 0.3 is 0 Å². The topological polar surface area (TPSA) is 77.1 Å². The third-order valence-corrected chi connectivity index (χ3v) is 7.44. The molecule has 8 heteroatoms. The first kappa shape index (κ1) is 19.7. The standard InChI is InChI=1S/C21H20BrN3O3S/c1-14-23-8-9-25(14)12-18-17-10-15(24(2)20(17)11-19(22)21(18)26)13-29(27,28)16-6-4-3-5-7-16/h3-11,26H,12-13H2,1-2H3. The molecule has 0 amide bonds. The molecule has 0 aliphatic heterocycles. The second-order valence-corrected chi connectivity index (χ2v) is 9.83. The first-order valence-corrected chi connectivity index (χ1v) is 11.5. The zero-order valence-corrected chi connectivity index (χ0v) is 18.4. The lowest BCUT2D eigenvalue weighted by Crippen LogP contribution is -2.08. The number of halogens is 1. The van der Waals surface area contributed by atoms with Crippen molar-refractivity contribution in [1.82, 2.24) is 14.1 Å². The van der Waals surface area contributed by atoms with Crippen LogP contribution < -0.4 is 0 Å². The number of imidazole rings is 1. The molecule has 0 aliphatic carbocycles. The number of phenolic OH excluding ortho intramolecular Hbond substituents is 1. The molecule has 4 aromatic rings. The molecule has 6 nitrogen and oxygen atoms in total. The monoisotopic (exact) mass is 473 g/mol. The maximum Gasteiger partial charge on any atom is 0.183 e. The summed E-state index contributed by atoms with van der Waals surface area (Å²) in [6.45, 7) is 2.33. The average Bonchev–Trinajstić information content (AvgIpc) is 3.23. The highest BCUT2D eigenvalue weighted by molar-refractivity contribution is 9.10. The van der Waals surface area contributed by atoms with Crippen molar-refractivity contribution in [2.24, 2.45) is 7.05 Å². The summed E-state index contributed by atoms with van der Waals surface area (Å²) >= 11 is 3.42. The van der Waals surface area contributed by atoms with Crippen molar-refractivity contribution in [2.45, 2.75) is 24.1 Å². The van der Waals surface area contributed by atoms with Crippen LogP contribution in [0.2, 0.25) is 0 Å². The molecule has 2 aromatic carbocycles. The lowest BCUT2D eigenvalue weighted by atomic mass is 10.1. The van der Waals surface area contributed by atoms with Gasteiger partial charge in [0.15, 0.2) is 9.84 Å². The number of hydrogen-bond acceptors (Lipinski definition) is 4. The van der Waals surface area contributed by atoms with E-state index >= 15 is 0 Å². The van der Waals surface area contributed by atoms with Crippen molar-refractivity contribution in [3.63, 3.8) is 0 Å². The highest BCUT2D eigenvalue weighted by Crippen LogP contribution is 2.37. The van der Waals surface area contributed by atoms with E-state index < -0.39 is 9.84 Å². The van der Waals surface area contributed by atoms with E-state index in [1.807, 2.05) is 41.4 Å². The van der Waals surface area contributed by atoms with E-state index in [4.69, 9.17) is 0 Å². The van der Waals surface area contributed by atoms with Crippen molar-refractivity contribution < 1.29 is 13.5 Å². The van der Waals surface area contributed by atoms with Crippen molar-refractivity contribution in [1.29, 1.82) is 0 Å². The summed E-state index contributed by atoms with van der Waals surface area (Å²) in [5.41, 5.74) is 2.22. The predicted molar refractivity (Wildman–Crippen MR) is 116 cm³/mol. The quantitative estimate of drug-likeness (QED) is 0.471. The highest BCUT2D eigenvalue weighted by atomic mass is 79.9. The Bertz CT molecular complexity index is 1310. The van der Waals surface area contributed by atoms with Gasteiger partial charge in [0.1, 0.15) is 11.6 Å². The zero-order valence-electron chi connectivity index (χ0n) is 16.0. The van der Waals surface area contributed by atoms with E-state index in [-0.39, 0.29) is 11.5 Å². The molecule has 0 aliphatic rings. The van der Waals surface area contributed by atoms with Crippen molar-refractivity contribution in [3.05, 3.63) is 76.4 Å². The molecule has 0 fully saturated rings. The second kappa shape index (κ2) is 7.35. The van der Waals surface area contributed by atoms with Gasteiger partial charge < -0.3 is 14.2 Å². The average molecular weight is 474 g/mol. The minimum atomic E-state index is -3.48. The maximum absolute atomic E-state index is 12.9. The summed E-state index contributed by atoms with van der Waals surface area (Å²) in [6.07, 6.45) is 3.57. The molecular weight excluding hydrogens is 454 g/mol. The van der Waals surface area contributed by atoms with Crippen LogP contribution in [0.15, 0.2) is 64.2 Å². The molecule has 0 atom stereocenters. The predicted octanol–water partition coefficient (Wildman–Crippen LogP) is 4.17. The number of hydrogen-bond donors (Lipinski definition) is 1. The molecule has 0 spiro atoms. The van der Waals surface area contributed by atoms with E-state index in [0.29, 0.717) is 21.6 Å². The first-order chi connectivity index (χ1) is 13.8. The van der Waals surface area contributed by atoms with Crippen LogP contribution in [0, 0.1) is 6.92 Å². The molecule has 150 valence electrons. The first-order valence-electron chi connectivity index (χ1n) is 9.02. The Kier molecular flexibility index (Phi) is 5.00. The van der Waals surface area contributed by atoms with Gasteiger partial charge in [0.25, 0.3) is 0 Å². The Labute approximate surface area is 177 Å². The molecule has 2 heterocycles. The summed E-state index contributed by atoms with van der Waals surface area (Å²) in [4.78, 5) is 4.53. The molecule has 0 unspecified atom stereocenters. The van der Waals surface area contributed by atoms with Gasteiger partial charge in [0.2, 0.25) is 0 Å². The number of rotatable bonds is 5. The summed E-state index contributed by atoms with van der Waals surface area (Å²) in [6, 6.07) is 12.1. The van der Waals surface area contributed by atoms with E-state index in [2.05, 4.69) is 20.9 Å². The van der Waals surface area contributed by atoms with E-state index in [1.54, 1.807) is 36.5 Å².